The van der Waals surface area contributed by atoms with E-state index < -0.39 is 0 Å². The number of benzene rings is 1. The summed E-state index contributed by atoms with van der Waals surface area (Å²) in [5.41, 5.74) is 4.41. The van der Waals surface area contributed by atoms with Crippen LogP contribution in [0.3, 0.4) is 0 Å². The zero-order valence-corrected chi connectivity index (χ0v) is 17.3. The molecule has 0 amide bonds. The molecule has 1 N–H and O–H groups in total. The lowest BCUT2D eigenvalue weighted by molar-refractivity contribution is 0.187. The Morgan fingerprint density at radius 1 is 1.20 bits per heavy atom. The number of H-pyrrole nitrogens is 1. The summed E-state index contributed by atoms with van der Waals surface area (Å²) >= 11 is 0. The van der Waals surface area contributed by atoms with Crippen molar-refractivity contribution in [1.29, 1.82) is 0 Å². The van der Waals surface area contributed by atoms with Gasteiger partial charge in [-0.15, -0.1) is 0 Å². The van der Waals surface area contributed by atoms with Gasteiger partial charge in [-0.25, -0.2) is 14.3 Å². The van der Waals surface area contributed by atoms with Crippen LogP contribution >= 0.6 is 0 Å². The van der Waals surface area contributed by atoms with E-state index in [-0.39, 0.29) is 11.7 Å². The van der Waals surface area contributed by atoms with Crippen LogP contribution in [0, 0.1) is 0 Å². The number of hydrogen-bond acceptors (Lipinski definition) is 5. The summed E-state index contributed by atoms with van der Waals surface area (Å²) in [7, 11) is 1.63. The van der Waals surface area contributed by atoms with Crippen molar-refractivity contribution in [1.82, 2.24) is 29.0 Å². The fraction of sp³-hybridized carbons (Fsp3) is 0.409. The van der Waals surface area contributed by atoms with E-state index in [9.17, 15) is 4.79 Å². The molecular formula is C22H26N6O2. The van der Waals surface area contributed by atoms with E-state index in [1.54, 1.807) is 11.6 Å². The smallest absolute Gasteiger partial charge is 0.326 e. The Labute approximate surface area is 174 Å². The predicted octanol–water partition coefficient (Wildman–Crippen LogP) is 3.09. The summed E-state index contributed by atoms with van der Waals surface area (Å²) in [6.45, 7) is 5.45. The summed E-state index contributed by atoms with van der Waals surface area (Å²) in [6, 6.07) is 8.31. The largest absolute Gasteiger partial charge is 0.493 e. The van der Waals surface area contributed by atoms with Crippen molar-refractivity contribution in [2.24, 2.45) is 0 Å². The van der Waals surface area contributed by atoms with Crippen LogP contribution in [0.2, 0.25) is 0 Å². The van der Waals surface area contributed by atoms with E-state index in [4.69, 9.17) is 4.74 Å². The fourth-order valence-electron chi connectivity index (χ4n) is 4.59. The van der Waals surface area contributed by atoms with Crippen LogP contribution in [0.5, 0.6) is 5.75 Å². The molecule has 5 rings (SSSR count). The molecule has 0 aliphatic carbocycles. The lowest BCUT2D eigenvalue weighted by Gasteiger charge is -2.32. The van der Waals surface area contributed by atoms with Crippen LogP contribution in [-0.2, 0) is 0 Å². The third-order valence-corrected chi connectivity index (χ3v) is 6.07. The number of nitrogens with zero attached hydrogens (tertiary/aromatic N) is 5. The predicted molar refractivity (Wildman–Crippen MR) is 116 cm³/mol. The second kappa shape index (κ2) is 7.60. The van der Waals surface area contributed by atoms with Gasteiger partial charge >= 0.3 is 5.69 Å². The molecule has 1 aliphatic heterocycles. The molecule has 3 aromatic heterocycles. The van der Waals surface area contributed by atoms with Crippen LogP contribution in [-0.4, -0.2) is 55.8 Å². The second-order valence-electron chi connectivity index (χ2n) is 7.93. The lowest BCUT2D eigenvalue weighted by Crippen LogP contribution is -2.37. The maximum atomic E-state index is 12.8. The van der Waals surface area contributed by atoms with Crippen LogP contribution in [0.15, 0.2) is 41.6 Å². The third-order valence-electron chi connectivity index (χ3n) is 6.07. The average molecular weight is 406 g/mol. The standard InChI is InChI=1S/C22H26N6O2/c1-3-8-26-9-6-17(7-10-26)28-19-5-4-15(11-18(19)25-22(28)29)16-12-20(30-2)21-23-14-24-27(21)13-16/h4-5,11-14,17H,3,6-10H2,1-2H3,(H,25,29). The van der Waals surface area contributed by atoms with Crippen LogP contribution in [0.4, 0.5) is 0 Å². The number of ether oxygens (including phenoxy) is 1. The van der Waals surface area contributed by atoms with Gasteiger partial charge in [0.05, 0.1) is 18.1 Å². The Morgan fingerprint density at radius 2 is 2.03 bits per heavy atom. The van der Waals surface area contributed by atoms with Crippen molar-refractivity contribution >= 4 is 16.7 Å². The number of hydrogen-bond donors (Lipinski definition) is 1. The number of imidazole rings is 1. The second-order valence-corrected chi connectivity index (χ2v) is 7.93. The van der Waals surface area contributed by atoms with Gasteiger partial charge in [-0.05, 0) is 49.6 Å². The number of aromatic amines is 1. The highest BCUT2D eigenvalue weighted by Gasteiger charge is 2.23. The molecule has 4 aromatic rings. The van der Waals surface area contributed by atoms with E-state index in [1.165, 1.54) is 12.7 Å². The van der Waals surface area contributed by atoms with E-state index >= 15 is 0 Å². The molecule has 0 atom stereocenters. The lowest BCUT2D eigenvalue weighted by atomic mass is 10.0. The number of aromatic nitrogens is 5. The summed E-state index contributed by atoms with van der Waals surface area (Å²) in [4.78, 5) is 22.6. The molecule has 1 aromatic carbocycles. The molecule has 30 heavy (non-hydrogen) atoms. The minimum atomic E-state index is -0.0274. The maximum absolute atomic E-state index is 12.8. The topological polar surface area (TPSA) is 80.5 Å². The molecule has 0 bridgehead atoms. The zero-order valence-electron chi connectivity index (χ0n) is 17.3. The Hall–Kier alpha value is -3.13. The van der Waals surface area contributed by atoms with Gasteiger partial charge < -0.3 is 14.6 Å². The van der Waals surface area contributed by atoms with Gasteiger partial charge in [0.25, 0.3) is 0 Å². The maximum Gasteiger partial charge on any atom is 0.326 e. The zero-order chi connectivity index (χ0) is 20.7. The molecule has 4 heterocycles. The number of piperidine rings is 1. The van der Waals surface area contributed by atoms with Crippen LogP contribution < -0.4 is 10.4 Å². The van der Waals surface area contributed by atoms with Crippen LogP contribution in [0.25, 0.3) is 27.8 Å². The molecule has 0 radical (unpaired) electrons. The molecule has 0 saturated carbocycles. The van der Waals surface area contributed by atoms with E-state index in [1.807, 2.05) is 29.0 Å². The first-order chi connectivity index (χ1) is 14.7. The van der Waals surface area contributed by atoms with Gasteiger partial charge in [-0.3, -0.25) is 4.57 Å². The first-order valence-corrected chi connectivity index (χ1v) is 10.5. The molecule has 1 aliphatic rings. The number of fused-ring (bicyclic) bond motifs is 2. The minimum absolute atomic E-state index is 0.0274. The van der Waals surface area contributed by atoms with E-state index in [0.29, 0.717) is 11.4 Å². The van der Waals surface area contributed by atoms with Gasteiger partial charge in [-0.1, -0.05) is 13.0 Å². The van der Waals surface area contributed by atoms with Gasteiger partial charge in [-0.2, -0.15) is 5.10 Å². The van der Waals surface area contributed by atoms with Crippen molar-refractivity contribution in [2.75, 3.05) is 26.7 Å². The molecule has 1 fully saturated rings. The number of pyridine rings is 1. The van der Waals surface area contributed by atoms with Crippen molar-refractivity contribution in [3.8, 4) is 16.9 Å². The number of nitrogens with one attached hydrogen (secondary N) is 1. The van der Waals surface area contributed by atoms with Gasteiger partial charge in [0.1, 0.15) is 6.33 Å². The number of rotatable bonds is 5. The third kappa shape index (κ3) is 3.17. The minimum Gasteiger partial charge on any atom is -0.493 e. The summed E-state index contributed by atoms with van der Waals surface area (Å²) in [5, 5.41) is 4.23. The summed E-state index contributed by atoms with van der Waals surface area (Å²) in [5.74, 6) is 0.662. The van der Waals surface area contributed by atoms with Crippen molar-refractivity contribution < 1.29 is 4.74 Å². The average Bonchev–Trinajstić information content (AvgIpc) is 3.36. The molecule has 0 spiro atoms. The number of likely N-dealkylation sites (tertiary alicyclic amines) is 1. The first-order valence-electron chi connectivity index (χ1n) is 10.5. The molecule has 8 heteroatoms. The highest BCUT2D eigenvalue weighted by molar-refractivity contribution is 5.83. The van der Waals surface area contributed by atoms with E-state index in [0.717, 1.165) is 54.6 Å². The van der Waals surface area contributed by atoms with Gasteiger partial charge in [0.2, 0.25) is 0 Å². The normalized spacial score (nSPS) is 15.9. The summed E-state index contributed by atoms with van der Waals surface area (Å²) in [6.07, 6.45) is 6.62. The summed E-state index contributed by atoms with van der Waals surface area (Å²) < 4.78 is 9.13. The Kier molecular flexibility index (Phi) is 4.78. The monoisotopic (exact) mass is 406 g/mol. The quantitative estimate of drug-likeness (QED) is 0.551. The molecular weight excluding hydrogens is 380 g/mol. The highest BCUT2D eigenvalue weighted by atomic mass is 16.5. The van der Waals surface area contributed by atoms with Gasteiger partial charge in [0.15, 0.2) is 11.4 Å². The molecule has 8 nitrogen and oxygen atoms in total. The Morgan fingerprint density at radius 3 is 2.80 bits per heavy atom. The Balaban J connectivity index is 1.50. The SMILES string of the molecule is CCCN1CCC(n2c(=O)[nH]c3cc(-c4cc(OC)c5ncnn5c4)ccc32)CC1. The molecule has 156 valence electrons. The Bertz CT molecular complexity index is 1250. The van der Waals surface area contributed by atoms with Crippen molar-refractivity contribution in [3.05, 3.63) is 47.3 Å². The fourth-order valence-corrected chi connectivity index (χ4v) is 4.59. The highest BCUT2D eigenvalue weighted by Crippen LogP contribution is 2.30. The van der Waals surface area contributed by atoms with Crippen molar-refractivity contribution in [2.45, 2.75) is 32.2 Å². The van der Waals surface area contributed by atoms with Gasteiger partial charge in [0, 0.05) is 30.9 Å². The van der Waals surface area contributed by atoms with E-state index in [2.05, 4.69) is 33.0 Å². The molecule has 0 unspecified atom stereocenters. The van der Waals surface area contributed by atoms with Crippen LogP contribution in [0.1, 0.15) is 32.2 Å². The number of methoxy groups -OCH3 is 1. The first kappa shape index (κ1) is 18.9. The van der Waals surface area contributed by atoms with Crippen molar-refractivity contribution in [3.63, 3.8) is 0 Å². The molecule has 1 saturated heterocycles.